The van der Waals surface area contributed by atoms with Gasteiger partial charge >= 0.3 is 0 Å². The van der Waals surface area contributed by atoms with Gasteiger partial charge in [-0.05, 0) is 42.3 Å². The van der Waals surface area contributed by atoms with Crippen LogP contribution in [0.4, 0.5) is 5.69 Å². The normalized spacial score (nSPS) is 16.8. The van der Waals surface area contributed by atoms with Crippen LogP contribution >= 0.6 is 11.6 Å². The fourth-order valence-corrected chi connectivity index (χ4v) is 4.53. The number of benzene rings is 2. The van der Waals surface area contributed by atoms with E-state index in [0.717, 1.165) is 23.4 Å². The summed E-state index contributed by atoms with van der Waals surface area (Å²) in [5, 5.41) is 9.79. The molecule has 1 unspecified atom stereocenters. The van der Waals surface area contributed by atoms with E-state index in [-0.39, 0.29) is 12.5 Å². The Hall–Kier alpha value is -3.14. The van der Waals surface area contributed by atoms with Crippen LogP contribution in [0.25, 0.3) is 0 Å². The number of nitrogens with one attached hydrogen (secondary N) is 1. The maximum atomic E-state index is 13.2. The maximum Gasteiger partial charge on any atom is 0.241 e. The number of piperazine rings is 1. The first-order valence-corrected chi connectivity index (χ1v) is 10.3. The first kappa shape index (κ1) is 20.1. The first-order valence-electron chi connectivity index (χ1n) is 9.89. The van der Waals surface area contributed by atoms with Crippen molar-refractivity contribution >= 4 is 23.2 Å². The lowest BCUT2D eigenvalue weighted by Gasteiger charge is -2.47. The molecule has 1 aromatic heterocycles. The van der Waals surface area contributed by atoms with Crippen molar-refractivity contribution in [2.24, 2.45) is 0 Å². The van der Waals surface area contributed by atoms with Crippen LogP contribution in [0.1, 0.15) is 30.2 Å². The number of carbonyl (C=O) groups is 1. The van der Waals surface area contributed by atoms with Crippen molar-refractivity contribution in [3.8, 4) is 6.07 Å². The standard InChI is InChI=1S/C23H22ClN5O/c1-2-23(21-14-26-16-27-21,18-8-6-17(13-25)7-9-18)28-10-11-29(22(30)15-28)20-5-3-4-19(24)12-20/h3-9,12,14,16H,2,10-11,15H2,1H3,(H,26,27). The Balaban J connectivity index is 1.70. The Kier molecular flexibility index (Phi) is 5.58. The first-order chi connectivity index (χ1) is 14.6. The molecule has 1 N–H and O–H groups in total. The second-order valence-corrected chi connectivity index (χ2v) is 7.75. The summed E-state index contributed by atoms with van der Waals surface area (Å²) in [4.78, 5) is 24.6. The fraction of sp³-hybridized carbons (Fsp3) is 0.261. The molecule has 7 heteroatoms. The lowest BCUT2D eigenvalue weighted by molar-refractivity contribution is -0.123. The lowest BCUT2D eigenvalue weighted by Crippen LogP contribution is -2.58. The topological polar surface area (TPSA) is 76.0 Å². The summed E-state index contributed by atoms with van der Waals surface area (Å²) in [7, 11) is 0. The van der Waals surface area contributed by atoms with Gasteiger partial charge in [0.25, 0.3) is 0 Å². The molecular formula is C23H22ClN5O. The van der Waals surface area contributed by atoms with E-state index < -0.39 is 5.54 Å². The van der Waals surface area contributed by atoms with E-state index in [1.54, 1.807) is 17.3 Å². The number of aromatic amines is 1. The second kappa shape index (κ2) is 8.31. The average molecular weight is 420 g/mol. The molecule has 1 fully saturated rings. The minimum absolute atomic E-state index is 0.0227. The SMILES string of the molecule is CCC(c1ccc(C#N)cc1)(c1cnc[nH]1)N1CCN(c2cccc(Cl)c2)C(=O)C1. The third kappa shape index (κ3) is 3.47. The minimum Gasteiger partial charge on any atom is -0.347 e. The quantitative estimate of drug-likeness (QED) is 0.679. The molecule has 0 aliphatic carbocycles. The van der Waals surface area contributed by atoms with Gasteiger partial charge in [0, 0.05) is 23.8 Å². The zero-order valence-corrected chi connectivity index (χ0v) is 17.4. The summed E-state index contributed by atoms with van der Waals surface area (Å²) in [5.74, 6) is 0.0227. The highest BCUT2D eigenvalue weighted by molar-refractivity contribution is 6.30. The summed E-state index contributed by atoms with van der Waals surface area (Å²) >= 11 is 6.13. The van der Waals surface area contributed by atoms with Gasteiger partial charge in [-0.25, -0.2) is 4.98 Å². The number of hydrogen-bond acceptors (Lipinski definition) is 4. The number of hydrogen-bond donors (Lipinski definition) is 1. The molecule has 6 nitrogen and oxygen atoms in total. The number of aromatic nitrogens is 2. The molecule has 3 aromatic rings. The second-order valence-electron chi connectivity index (χ2n) is 7.32. The van der Waals surface area contributed by atoms with Crippen molar-refractivity contribution in [3.63, 3.8) is 0 Å². The van der Waals surface area contributed by atoms with Gasteiger partial charge in [0.1, 0.15) is 0 Å². The van der Waals surface area contributed by atoms with E-state index in [0.29, 0.717) is 23.7 Å². The van der Waals surface area contributed by atoms with Crippen LogP contribution in [0.5, 0.6) is 0 Å². The Bertz CT molecular complexity index is 1070. The van der Waals surface area contributed by atoms with Gasteiger partial charge in [0.15, 0.2) is 0 Å². The zero-order valence-electron chi connectivity index (χ0n) is 16.7. The Morgan fingerprint density at radius 3 is 2.63 bits per heavy atom. The molecule has 0 spiro atoms. The molecule has 1 aliphatic heterocycles. The van der Waals surface area contributed by atoms with Crippen LogP contribution in [0.3, 0.4) is 0 Å². The van der Waals surface area contributed by atoms with Crippen LogP contribution in [-0.4, -0.2) is 40.4 Å². The molecule has 4 rings (SSSR count). The number of nitriles is 1. The molecule has 0 saturated carbocycles. The van der Waals surface area contributed by atoms with E-state index >= 15 is 0 Å². The van der Waals surface area contributed by atoms with E-state index in [1.165, 1.54) is 0 Å². The van der Waals surface area contributed by atoms with Crippen molar-refractivity contribution in [3.05, 3.63) is 82.9 Å². The van der Waals surface area contributed by atoms with Crippen LogP contribution in [0.15, 0.2) is 61.1 Å². The van der Waals surface area contributed by atoms with Crippen molar-refractivity contribution in [1.82, 2.24) is 14.9 Å². The third-order valence-electron chi connectivity index (χ3n) is 5.83. The molecule has 2 heterocycles. The van der Waals surface area contributed by atoms with E-state index in [9.17, 15) is 10.1 Å². The van der Waals surface area contributed by atoms with Crippen LogP contribution < -0.4 is 4.90 Å². The van der Waals surface area contributed by atoms with Crippen molar-refractivity contribution in [1.29, 1.82) is 5.26 Å². The monoisotopic (exact) mass is 419 g/mol. The van der Waals surface area contributed by atoms with Crippen molar-refractivity contribution in [2.45, 2.75) is 18.9 Å². The maximum absolute atomic E-state index is 13.2. The van der Waals surface area contributed by atoms with Gasteiger partial charge in [0.05, 0.1) is 41.9 Å². The Morgan fingerprint density at radius 2 is 2.03 bits per heavy atom. The highest BCUT2D eigenvalue weighted by Gasteiger charge is 2.43. The summed E-state index contributed by atoms with van der Waals surface area (Å²) in [5.41, 5.74) is 2.83. The Morgan fingerprint density at radius 1 is 1.23 bits per heavy atom. The van der Waals surface area contributed by atoms with Crippen LogP contribution in [0.2, 0.25) is 5.02 Å². The van der Waals surface area contributed by atoms with Gasteiger partial charge in [-0.1, -0.05) is 36.7 Å². The summed E-state index contributed by atoms with van der Waals surface area (Å²) in [6, 6.07) is 17.1. The lowest BCUT2D eigenvalue weighted by atomic mass is 9.81. The average Bonchev–Trinajstić information content (AvgIpc) is 3.30. The fourth-order valence-electron chi connectivity index (χ4n) is 4.35. The van der Waals surface area contributed by atoms with Gasteiger partial charge in [0.2, 0.25) is 5.91 Å². The number of H-pyrrole nitrogens is 1. The molecule has 1 amide bonds. The van der Waals surface area contributed by atoms with E-state index in [2.05, 4.69) is 27.9 Å². The Labute approximate surface area is 180 Å². The minimum atomic E-state index is -0.541. The molecular weight excluding hydrogens is 398 g/mol. The van der Waals surface area contributed by atoms with Gasteiger partial charge in [-0.15, -0.1) is 0 Å². The van der Waals surface area contributed by atoms with Crippen LogP contribution in [0, 0.1) is 11.3 Å². The number of halogens is 1. The van der Waals surface area contributed by atoms with Crippen molar-refractivity contribution in [2.75, 3.05) is 24.5 Å². The molecule has 30 heavy (non-hydrogen) atoms. The molecule has 0 bridgehead atoms. The van der Waals surface area contributed by atoms with Gasteiger partial charge < -0.3 is 9.88 Å². The summed E-state index contributed by atoms with van der Waals surface area (Å²) in [6.45, 7) is 3.61. The third-order valence-corrected chi connectivity index (χ3v) is 6.06. The largest absolute Gasteiger partial charge is 0.347 e. The molecule has 2 aromatic carbocycles. The smallest absolute Gasteiger partial charge is 0.241 e. The number of anilines is 1. The molecule has 0 radical (unpaired) electrons. The summed E-state index contributed by atoms with van der Waals surface area (Å²) in [6.07, 6.45) is 4.22. The van der Waals surface area contributed by atoms with E-state index in [1.807, 2.05) is 48.7 Å². The van der Waals surface area contributed by atoms with Gasteiger partial charge in [-0.2, -0.15) is 5.26 Å². The predicted molar refractivity (Wildman–Crippen MR) is 116 cm³/mol. The number of imidazole rings is 1. The molecule has 1 saturated heterocycles. The van der Waals surface area contributed by atoms with Crippen LogP contribution in [-0.2, 0) is 10.3 Å². The summed E-state index contributed by atoms with van der Waals surface area (Å²) < 4.78 is 0. The van der Waals surface area contributed by atoms with Gasteiger partial charge in [-0.3, -0.25) is 9.69 Å². The molecule has 1 atom stereocenters. The van der Waals surface area contributed by atoms with Crippen molar-refractivity contribution < 1.29 is 4.79 Å². The predicted octanol–water partition coefficient (Wildman–Crippen LogP) is 3.94. The number of carbonyl (C=O) groups excluding carboxylic acids is 1. The number of rotatable bonds is 5. The number of nitrogens with zero attached hydrogens (tertiary/aromatic N) is 4. The highest BCUT2D eigenvalue weighted by atomic mass is 35.5. The van der Waals surface area contributed by atoms with E-state index in [4.69, 9.17) is 11.6 Å². The highest BCUT2D eigenvalue weighted by Crippen LogP contribution is 2.39. The zero-order chi connectivity index (χ0) is 21.1. The molecule has 1 aliphatic rings. The number of amides is 1. The molecule has 152 valence electrons.